The minimum absolute atomic E-state index is 0.000809. The first-order chi connectivity index (χ1) is 25.1. The molecule has 1 aromatic carbocycles. The Hall–Kier alpha value is -3.68. The maximum atomic E-state index is 11.6. The summed E-state index contributed by atoms with van der Waals surface area (Å²) in [4.78, 5) is 49.4. The second-order valence-corrected chi connectivity index (χ2v) is 13.9. The second-order valence-electron chi connectivity index (χ2n) is 13.9. The molecule has 11 nitrogen and oxygen atoms in total. The lowest BCUT2D eigenvalue weighted by atomic mass is 9.91. The number of nitrogens with one attached hydrogen (secondary N) is 1. The molecule has 2 atom stereocenters. The van der Waals surface area contributed by atoms with E-state index in [9.17, 15) is 32.3 Å². The number of amides is 1. The molecule has 0 aliphatic heterocycles. The lowest BCUT2D eigenvalue weighted by molar-refractivity contribution is -0.192. The maximum Gasteiger partial charge on any atom is 0.433 e. The minimum Gasteiger partial charge on any atom is -0.465 e. The van der Waals surface area contributed by atoms with Gasteiger partial charge in [-0.3, -0.25) is 19.2 Å². The molecule has 0 spiro atoms. The van der Waals surface area contributed by atoms with Gasteiger partial charge in [-0.15, -0.1) is 0 Å². The Labute approximate surface area is 322 Å². The fourth-order valence-electron chi connectivity index (χ4n) is 3.05. The Morgan fingerprint density at radius 1 is 0.796 bits per heavy atom. The fourth-order valence-corrected chi connectivity index (χ4v) is 3.05. The zero-order valence-electron chi connectivity index (χ0n) is 34.8. The number of carbonyl (C=O) groups is 4. The van der Waals surface area contributed by atoms with Crippen LogP contribution in [0.25, 0.3) is 0 Å². The number of carbonyl (C=O) groups excluding carboxylic acids is 4. The van der Waals surface area contributed by atoms with Crippen molar-refractivity contribution in [2.45, 2.75) is 140 Å². The molecule has 1 rings (SSSR count). The molecule has 1 aromatic rings. The monoisotopic (exact) mass is 778 g/mol. The highest BCUT2D eigenvalue weighted by Crippen LogP contribution is 2.24. The van der Waals surface area contributed by atoms with Gasteiger partial charge in [-0.05, 0) is 91.0 Å². The third-order valence-corrected chi connectivity index (χ3v) is 8.43. The van der Waals surface area contributed by atoms with Crippen molar-refractivity contribution in [3.8, 4) is 0 Å². The molecule has 0 heterocycles. The molecular weight excluding hydrogens is 709 g/mol. The number of hydrogen-bond acceptors (Lipinski definition) is 10. The zero-order chi connectivity index (χ0) is 42.4. The molecule has 0 saturated carbocycles. The van der Waals surface area contributed by atoms with E-state index in [0.29, 0.717) is 31.8 Å². The second kappa shape index (κ2) is 30.6. The number of alkyl halides is 3. The summed E-state index contributed by atoms with van der Waals surface area (Å²) in [5.41, 5.74) is 0.838. The van der Waals surface area contributed by atoms with Gasteiger partial charge in [0.15, 0.2) is 6.61 Å². The van der Waals surface area contributed by atoms with Gasteiger partial charge in [-0.2, -0.15) is 13.2 Å². The molecule has 0 fully saturated rings. The van der Waals surface area contributed by atoms with E-state index in [1.807, 2.05) is 41.5 Å². The van der Waals surface area contributed by atoms with Crippen LogP contribution < -0.4 is 5.32 Å². The topological polar surface area (TPSA) is 150 Å². The summed E-state index contributed by atoms with van der Waals surface area (Å²) in [6.45, 7) is 21.8. The third-order valence-electron chi connectivity index (χ3n) is 8.43. The predicted octanol–water partition coefficient (Wildman–Crippen LogP) is 9.55. The maximum absolute atomic E-state index is 11.6. The molecule has 0 aliphatic rings. The minimum atomic E-state index is -4.44. The standard InChI is InChI=1S/C13H24N2O4.C10H14.C9H18O3.C8H13F3O2/c1-6-10(3)15-19-12(17)14-8-9-18-11(16)13(4,5)7-2;1-3-9(2)10-7-5-4-6-8-10;1-3-8(2)9(11)12-7-5-4-6-10;1-4-7(2,3)6(12)13-5-8(9,10)11/h6-9H2,1-5H3,(H,14,17);4-9H,3H2,1-2H3;8,10H,3-7H2,1-2H3;4-5H2,1-3H3/b15-10-;;;. The van der Waals surface area contributed by atoms with Gasteiger partial charge in [0.2, 0.25) is 0 Å². The molecule has 1 amide bonds. The van der Waals surface area contributed by atoms with Crippen molar-refractivity contribution in [1.29, 1.82) is 0 Å². The summed E-state index contributed by atoms with van der Waals surface area (Å²) >= 11 is 0. The first-order valence-electron chi connectivity index (χ1n) is 18.8. The molecule has 0 aromatic heterocycles. The van der Waals surface area contributed by atoms with E-state index in [2.05, 4.69) is 64.2 Å². The van der Waals surface area contributed by atoms with Crippen LogP contribution in [0.3, 0.4) is 0 Å². The fraction of sp³-hybridized carbons (Fsp3) is 0.725. The van der Waals surface area contributed by atoms with Gasteiger partial charge in [0, 0.05) is 6.61 Å². The van der Waals surface area contributed by atoms with E-state index in [1.165, 1.54) is 12.0 Å². The molecule has 14 heteroatoms. The van der Waals surface area contributed by atoms with Crippen molar-refractivity contribution < 1.29 is 56.5 Å². The molecule has 54 heavy (non-hydrogen) atoms. The molecule has 2 unspecified atom stereocenters. The van der Waals surface area contributed by atoms with Crippen LogP contribution in [0.4, 0.5) is 18.0 Å². The molecule has 2 N–H and O–H groups in total. The smallest absolute Gasteiger partial charge is 0.433 e. The average molecular weight is 779 g/mol. The number of benzene rings is 1. The quantitative estimate of drug-likeness (QED) is 0.0371. The van der Waals surface area contributed by atoms with Gasteiger partial charge in [-0.1, -0.05) is 84.0 Å². The summed E-state index contributed by atoms with van der Waals surface area (Å²) in [7, 11) is 0. The highest BCUT2D eigenvalue weighted by Gasteiger charge is 2.34. The molecule has 0 radical (unpaired) electrons. The van der Waals surface area contributed by atoms with Crippen molar-refractivity contribution >= 4 is 29.7 Å². The highest BCUT2D eigenvalue weighted by atomic mass is 19.4. The number of unbranched alkanes of at least 4 members (excludes halogenated alkanes) is 1. The van der Waals surface area contributed by atoms with Gasteiger partial charge in [0.05, 0.1) is 35.6 Å². The number of esters is 3. The van der Waals surface area contributed by atoms with Crippen LogP contribution in [-0.4, -0.2) is 74.0 Å². The number of rotatable bonds is 18. The Morgan fingerprint density at radius 2 is 1.33 bits per heavy atom. The lowest BCUT2D eigenvalue weighted by Gasteiger charge is -2.20. The van der Waals surface area contributed by atoms with Gasteiger partial charge in [-0.25, -0.2) is 4.79 Å². The van der Waals surface area contributed by atoms with Crippen LogP contribution in [0.15, 0.2) is 35.5 Å². The van der Waals surface area contributed by atoms with Gasteiger partial charge >= 0.3 is 30.2 Å². The Kier molecular flexibility index (Phi) is 31.0. The number of hydrogen-bond donors (Lipinski definition) is 2. The van der Waals surface area contributed by atoms with Gasteiger partial charge in [0.25, 0.3) is 0 Å². The number of aliphatic hydroxyl groups excluding tert-OH is 1. The Morgan fingerprint density at radius 3 is 1.78 bits per heavy atom. The first-order valence-corrected chi connectivity index (χ1v) is 18.8. The highest BCUT2D eigenvalue weighted by molar-refractivity contribution is 5.82. The van der Waals surface area contributed by atoms with Crippen molar-refractivity contribution in [3.05, 3.63) is 35.9 Å². The summed E-state index contributed by atoms with van der Waals surface area (Å²) in [5, 5.41) is 14.5. The molecule has 314 valence electrons. The van der Waals surface area contributed by atoms with Crippen LogP contribution in [0.1, 0.15) is 140 Å². The van der Waals surface area contributed by atoms with E-state index in [0.717, 1.165) is 25.0 Å². The van der Waals surface area contributed by atoms with Gasteiger partial charge in [0.1, 0.15) is 6.61 Å². The normalized spacial score (nSPS) is 12.5. The largest absolute Gasteiger partial charge is 0.465 e. The van der Waals surface area contributed by atoms with Crippen LogP contribution in [0.2, 0.25) is 0 Å². The average Bonchev–Trinajstić information content (AvgIpc) is 3.15. The van der Waals surface area contributed by atoms with E-state index < -0.39 is 35.7 Å². The van der Waals surface area contributed by atoms with Crippen LogP contribution >= 0.6 is 0 Å². The molecule has 0 bridgehead atoms. The van der Waals surface area contributed by atoms with Crippen LogP contribution in [0.5, 0.6) is 0 Å². The van der Waals surface area contributed by atoms with Crippen LogP contribution in [0, 0.1) is 16.7 Å². The van der Waals surface area contributed by atoms with E-state index in [1.54, 1.807) is 27.7 Å². The molecular formula is C40H69F3N2O9. The predicted molar refractivity (Wildman–Crippen MR) is 206 cm³/mol. The summed E-state index contributed by atoms with van der Waals surface area (Å²) in [6, 6.07) is 10.6. The van der Waals surface area contributed by atoms with Crippen molar-refractivity contribution in [1.82, 2.24) is 5.32 Å². The zero-order valence-corrected chi connectivity index (χ0v) is 34.8. The number of oxime groups is 1. The van der Waals surface area contributed by atoms with E-state index in [-0.39, 0.29) is 37.6 Å². The summed E-state index contributed by atoms with van der Waals surface area (Å²) < 4.78 is 49.0. The third kappa shape index (κ3) is 29.7. The summed E-state index contributed by atoms with van der Waals surface area (Å²) in [5.74, 6) is -0.506. The lowest BCUT2D eigenvalue weighted by Crippen LogP contribution is -2.31. The number of ether oxygens (including phenoxy) is 3. The van der Waals surface area contributed by atoms with Crippen molar-refractivity contribution in [2.24, 2.45) is 21.9 Å². The van der Waals surface area contributed by atoms with Crippen molar-refractivity contribution in [2.75, 3.05) is 33.0 Å². The van der Waals surface area contributed by atoms with Crippen LogP contribution in [-0.2, 0) is 33.4 Å². The summed E-state index contributed by atoms with van der Waals surface area (Å²) in [6.07, 6.45) is 0.264. The number of halogens is 3. The first kappa shape index (κ1) is 54.7. The molecule has 0 aliphatic carbocycles. The molecule has 0 saturated heterocycles. The Balaban J connectivity index is -0.000000661. The Bertz CT molecular complexity index is 1190. The van der Waals surface area contributed by atoms with Gasteiger partial charge < -0.3 is 24.6 Å². The van der Waals surface area contributed by atoms with E-state index >= 15 is 0 Å². The number of nitrogens with zero attached hydrogens (tertiary/aromatic N) is 1. The van der Waals surface area contributed by atoms with E-state index in [4.69, 9.17) is 14.6 Å². The van der Waals surface area contributed by atoms with Crippen molar-refractivity contribution in [3.63, 3.8) is 0 Å². The SMILES string of the molecule is CC/C(C)=N\OC(=O)NCCOC(=O)C(C)(C)CC.CCC(C)(C)C(=O)OCC(F)(F)F.CCC(C)C(=O)OCCCCO.CCC(C)c1ccccc1. The number of aliphatic hydroxyl groups is 1.